The maximum Gasteiger partial charge on any atom is 0.124 e. The topological polar surface area (TPSA) is 21.1 Å². The molecule has 1 saturated heterocycles. The van der Waals surface area contributed by atoms with E-state index >= 15 is 0 Å². The molecule has 0 unspecified atom stereocenters. The first-order valence-corrected chi connectivity index (χ1v) is 9.25. The van der Waals surface area contributed by atoms with E-state index in [4.69, 9.17) is 4.98 Å². The van der Waals surface area contributed by atoms with Crippen molar-refractivity contribution in [2.75, 3.05) is 18.8 Å². The summed E-state index contributed by atoms with van der Waals surface area (Å²) in [6, 6.07) is 6.66. The van der Waals surface area contributed by atoms with Gasteiger partial charge < -0.3 is 4.57 Å². The molecule has 2 aromatic rings. The summed E-state index contributed by atoms with van der Waals surface area (Å²) in [5.74, 6) is 2.34. The molecule has 1 fully saturated rings. The van der Waals surface area contributed by atoms with E-state index in [-0.39, 0.29) is 0 Å². The average molecular weight is 315 g/mol. The first-order valence-electron chi connectivity index (χ1n) is 8.27. The molecule has 1 aromatic carbocycles. The average Bonchev–Trinajstić information content (AvgIpc) is 3.15. The Labute approximate surface area is 137 Å². The first kappa shape index (κ1) is 15.6. The number of nitrogens with zero attached hydrogens (tertiary/aromatic N) is 3. The number of hydrogen-bond donors (Lipinski definition) is 0. The van der Waals surface area contributed by atoms with Gasteiger partial charge >= 0.3 is 0 Å². The molecule has 4 heteroatoms. The number of rotatable bonds is 7. The van der Waals surface area contributed by atoms with Crippen LogP contribution in [0.5, 0.6) is 0 Å². The van der Waals surface area contributed by atoms with E-state index in [0.29, 0.717) is 0 Å². The summed E-state index contributed by atoms with van der Waals surface area (Å²) in [7, 11) is 0. The number of allylic oxidation sites excluding steroid dienone is 1. The van der Waals surface area contributed by atoms with Gasteiger partial charge in [0.1, 0.15) is 5.82 Å². The van der Waals surface area contributed by atoms with Crippen molar-refractivity contribution in [3.8, 4) is 0 Å². The third-order valence-corrected chi connectivity index (χ3v) is 5.35. The van der Waals surface area contributed by atoms with Gasteiger partial charge in [-0.05, 0) is 56.3 Å². The molecule has 1 aliphatic rings. The van der Waals surface area contributed by atoms with Crippen molar-refractivity contribution in [1.82, 2.24) is 14.5 Å². The fraction of sp³-hybridized carbons (Fsp3) is 0.500. The molecule has 0 radical (unpaired) electrons. The van der Waals surface area contributed by atoms with E-state index in [1.54, 1.807) is 0 Å². The van der Waals surface area contributed by atoms with Gasteiger partial charge in [0.25, 0.3) is 0 Å². The lowest BCUT2D eigenvalue weighted by atomic mass is 10.3. The highest BCUT2D eigenvalue weighted by Crippen LogP contribution is 2.26. The number of hydrogen-bond acceptors (Lipinski definition) is 3. The number of aromatic nitrogens is 2. The molecule has 0 N–H and O–H groups in total. The van der Waals surface area contributed by atoms with E-state index in [2.05, 4.69) is 41.2 Å². The van der Waals surface area contributed by atoms with Crippen molar-refractivity contribution in [3.63, 3.8) is 0 Å². The minimum Gasteiger partial charge on any atom is -0.323 e. The van der Waals surface area contributed by atoms with Gasteiger partial charge in [-0.2, -0.15) is 0 Å². The fourth-order valence-corrected chi connectivity index (χ4v) is 3.86. The Hall–Kier alpha value is -1.26. The van der Waals surface area contributed by atoms with E-state index < -0.39 is 0 Å². The van der Waals surface area contributed by atoms with Crippen LogP contribution in [0, 0.1) is 0 Å². The van der Waals surface area contributed by atoms with Crippen LogP contribution in [0.2, 0.25) is 0 Å². The van der Waals surface area contributed by atoms with Crippen LogP contribution >= 0.6 is 11.8 Å². The fourth-order valence-electron chi connectivity index (χ4n) is 3.06. The Morgan fingerprint density at radius 1 is 1.32 bits per heavy atom. The number of likely N-dealkylation sites (tertiary alicyclic amines) is 1. The van der Waals surface area contributed by atoms with Crippen molar-refractivity contribution < 1.29 is 0 Å². The lowest BCUT2D eigenvalue weighted by Gasteiger charge is -2.15. The molecule has 1 aliphatic heterocycles. The van der Waals surface area contributed by atoms with Crippen LogP contribution < -0.4 is 0 Å². The molecule has 0 aliphatic carbocycles. The predicted molar refractivity (Wildman–Crippen MR) is 95.5 cm³/mol. The Morgan fingerprint density at radius 3 is 2.86 bits per heavy atom. The van der Waals surface area contributed by atoms with E-state index in [1.165, 1.54) is 54.3 Å². The minimum atomic E-state index is 0.835. The lowest BCUT2D eigenvalue weighted by molar-refractivity contribution is 0.318. The highest BCUT2D eigenvalue weighted by atomic mass is 32.2. The SMILES string of the molecule is C=CCn1c(CN2CCCC2)nc2ccc(SCCC)cc21. The Kier molecular flexibility index (Phi) is 5.21. The number of thioether (sulfide) groups is 1. The Morgan fingerprint density at radius 2 is 2.14 bits per heavy atom. The number of benzene rings is 1. The third kappa shape index (κ3) is 3.39. The second-order valence-electron chi connectivity index (χ2n) is 5.91. The predicted octanol–water partition coefficient (Wildman–Crippen LogP) is 4.32. The second kappa shape index (κ2) is 7.34. The van der Waals surface area contributed by atoms with Gasteiger partial charge in [0.05, 0.1) is 17.6 Å². The number of imidazole rings is 1. The molecule has 1 aromatic heterocycles. The van der Waals surface area contributed by atoms with Gasteiger partial charge in [0, 0.05) is 11.4 Å². The zero-order chi connectivity index (χ0) is 15.4. The van der Waals surface area contributed by atoms with Crippen LogP contribution in [0.15, 0.2) is 35.7 Å². The zero-order valence-electron chi connectivity index (χ0n) is 13.4. The standard InChI is InChI=1S/C18H25N3S/c1-3-9-21-17-13-15(22-12-4-2)7-8-16(17)19-18(21)14-20-10-5-6-11-20/h3,7-8,13H,1,4-6,9-12,14H2,2H3. The molecule has 22 heavy (non-hydrogen) atoms. The molecule has 0 saturated carbocycles. The van der Waals surface area contributed by atoms with Crippen LogP contribution in [0.1, 0.15) is 32.0 Å². The first-order chi connectivity index (χ1) is 10.8. The Bertz CT molecular complexity index is 641. The maximum absolute atomic E-state index is 4.88. The van der Waals surface area contributed by atoms with Gasteiger partial charge in [-0.3, -0.25) is 4.90 Å². The summed E-state index contributed by atoms with van der Waals surface area (Å²) in [5, 5.41) is 0. The van der Waals surface area contributed by atoms with E-state index in [1.807, 2.05) is 17.8 Å². The third-order valence-electron chi connectivity index (χ3n) is 4.15. The van der Waals surface area contributed by atoms with Crippen LogP contribution in [0.4, 0.5) is 0 Å². The molecular formula is C18H25N3S. The van der Waals surface area contributed by atoms with Crippen LogP contribution in [0.3, 0.4) is 0 Å². The Balaban J connectivity index is 1.92. The maximum atomic E-state index is 4.88. The summed E-state index contributed by atoms with van der Waals surface area (Å²) >= 11 is 1.93. The summed E-state index contributed by atoms with van der Waals surface area (Å²) in [6.07, 6.45) is 5.81. The lowest BCUT2D eigenvalue weighted by Crippen LogP contribution is -2.21. The van der Waals surface area contributed by atoms with Crippen molar-refractivity contribution in [2.24, 2.45) is 0 Å². The molecule has 0 amide bonds. The van der Waals surface area contributed by atoms with Crippen LogP contribution in [-0.4, -0.2) is 33.3 Å². The summed E-state index contributed by atoms with van der Waals surface area (Å²) < 4.78 is 2.33. The van der Waals surface area contributed by atoms with Gasteiger partial charge in [0.2, 0.25) is 0 Å². The van der Waals surface area contributed by atoms with Crippen molar-refractivity contribution in [2.45, 2.75) is 44.2 Å². The van der Waals surface area contributed by atoms with E-state index in [0.717, 1.165) is 18.6 Å². The molecule has 0 atom stereocenters. The van der Waals surface area contributed by atoms with Crippen molar-refractivity contribution >= 4 is 22.8 Å². The summed E-state index contributed by atoms with van der Waals surface area (Å²) in [6.45, 7) is 10.3. The largest absolute Gasteiger partial charge is 0.323 e. The summed E-state index contributed by atoms with van der Waals surface area (Å²) in [5.41, 5.74) is 2.35. The minimum absolute atomic E-state index is 0.835. The second-order valence-corrected chi connectivity index (χ2v) is 7.08. The van der Waals surface area contributed by atoms with E-state index in [9.17, 15) is 0 Å². The molecule has 118 valence electrons. The van der Waals surface area contributed by atoms with Crippen LogP contribution in [-0.2, 0) is 13.1 Å². The van der Waals surface area contributed by atoms with Gasteiger partial charge in [0.15, 0.2) is 0 Å². The van der Waals surface area contributed by atoms with Gasteiger partial charge in [-0.1, -0.05) is 13.0 Å². The normalized spacial score (nSPS) is 15.7. The van der Waals surface area contributed by atoms with Gasteiger partial charge in [-0.15, -0.1) is 18.3 Å². The zero-order valence-corrected chi connectivity index (χ0v) is 14.2. The molecule has 2 heterocycles. The molecule has 0 bridgehead atoms. The smallest absolute Gasteiger partial charge is 0.124 e. The molecule has 3 rings (SSSR count). The highest BCUT2D eigenvalue weighted by Gasteiger charge is 2.17. The monoisotopic (exact) mass is 315 g/mol. The highest BCUT2D eigenvalue weighted by molar-refractivity contribution is 7.99. The molecular weight excluding hydrogens is 290 g/mol. The van der Waals surface area contributed by atoms with Crippen molar-refractivity contribution in [3.05, 3.63) is 36.7 Å². The van der Waals surface area contributed by atoms with Crippen LogP contribution in [0.25, 0.3) is 11.0 Å². The van der Waals surface area contributed by atoms with Gasteiger partial charge in [-0.25, -0.2) is 4.98 Å². The number of fused-ring (bicyclic) bond motifs is 1. The van der Waals surface area contributed by atoms with Crippen molar-refractivity contribution in [1.29, 1.82) is 0 Å². The molecule has 3 nitrogen and oxygen atoms in total. The molecule has 0 spiro atoms. The quantitative estimate of drug-likeness (QED) is 0.561. The summed E-state index contributed by atoms with van der Waals surface area (Å²) in [4.78, 5) is 8.73.